The third kappa shape index (κ3) is 5.97. The highest BCUT2D eigenvalue weighted by Gasteiger charge is 2.42. The maximum Gasteiger partial charge on any atom is 0.434 e. The molecule has 33 heavy (non-hydrogen) atoms. The minimum atomic E-state index is -4.63. The molecule has 2 atom stereocenters. The second-order valence-electron chi connectivity index (χ2n) is 6.90. The van der Waals surface area contributed by atoms with Gasteiger partial charge in [-0.1, -0.05) is 11.6 Å². The lowest BCUT2D eigenvalue weighted by molar-refractivity contribution is -0.140. The number of carbonyl (C=O) groups excluding carboxylic acids is 2. The van der Waals surface area contributed by atoms with Crippen molar-refractivity contribution in [3.8, 4) is 0 Å². The van der Waals surface area contributed by atoms with Crippen LogP contribution in [0.3, 0.4) is 0 Å². The van der Waals surface area contributed by atoms with Crippen molar-refractivity contribution in [1.82, 2.24) is 19.3 Å². The van der Waals surface area contributed by atoms with Crippen LogP contribution in [0, 0.1) is 5.82 Å². The number of likely N-dealkylation sites (N-methyl/N-ethyl adjacent to an activating group) is 1. The summed E-state index contributed by atoms with van der Waals surface area (Å²) in [5.41, 5.74) is -0.990. The summed E-state index contributed by atoms with van der Waals surface area (Å²) in [7, 11) is -3.11. The van der Waals surface area contributed by atoms with Gasteiger partial charge in [-0.2, -0.15) is 30.6 Å². The van der Waals surface area contributed by atoms with Gasteiger partial charge in [0.15, 0.2) is 5.69 Å². The van der Waals surface area contributed by atoms with Crippen LogP contribution in [0.1, 0.15) is 17.1 Å². The highest BCUT2D eigenvalue weighted by Crippen LogP contribution is 2.30. The summed E-state index contributed by atoms with van der Waals surface area (Å²) in [6, 6.07) is 0.688. The number of carbonyl (C=O) groups is 2. The van der Waals surface area contributed by atoms with Crippen molar-refractivity contribution < 1.29 is 35.6 Å². The van der Waals surface area contributed by atoms with Gasteiger partial charge < -0.3 is 10.6 Å². The number of hydrogen-bond donors (Lipinski definition) is 3. The molecule has 1 aromatic heterocycles. The van der Waals surface area contributed by atoms with Crippen molar-refractivity contribution in [2.75, 3.05) is 12.4 Å². The number of aromatic nitrogens is 1. The van der Waals surface area contributed by atoms with Crippen molar-refractivity contribution in [2.45, 2.75) is 31.2 Å². The Bertz CT molecular complexity index is 1170. The summed E-state index contributed by atoms with van der Waals surface area (Å²) >= 11 is 6.35. The number of benzene rings is 1. The molecule has 0 spiro atoms. The fourth-order valence-corrected chi connectivity index (χ4v) is 5.06. The molecule has 1 aliphatic rings. The molecule has 1 fully saturated rings. The molecule has 1 aliphatic heterocycles. The van der Waals surface area contributed by atoms with Crippen LogP contribution in [0.5, 0.6) is 0 Å². The Balaban J connectivity index is 1.68. The van der Waals surface area contributed by atoms with E-state index in [-0.39, 0.29) is 28.7 Å². The first kappa shape index (κ1) is 25.3. The van der Waals surface area contributed by atoms with Gasteiger partial charge in [0.05, 0.1) is 11.6 Å². The number of rotatable bonds is 5. The van der Waals surface area contributed by atoms with Crippen molar-refractivity contribution in [1.29, 1.82) is 0 Å². The second kappa shape index (κ2) is 9.50. The standard InChI is InChI=1S/C17H16ClF4N5O4S2/c1-27-12(16(29)24-8-2-3-10(19)9(18)4-8)5-11(26-33(27,30)31)15(28)23-6-14-25-13(7-32-14)17(20,21)22/h2-4,7,11-12,26H,5-6H2,1H3,(H,23,28)(H,24,29). The van der Waals surface area contributed by atoms with Crippen LogP contribution < -0.4 is 15.4 Å². The van der Waals surface area contributed by atoms with Gasteiger partial charge in [0.2, 0.25) is 11.8 Å². The molecule has 16 heteroatoms. The predicted molar refractivity (Wildman–Crippen MR) is 111 cm³/mol. The Labute approximate surface area is 194 Å². The van der Waals surface area contributed by atoms with Crippen LogP contribution in [0.2, 0.25) is 5.02 Å². The molecule has 2 heterocycles. The molecule has 0 bridgehead atoms. The zero-order valence-corrected chi connectivity index (χ0v) is 19.0. The maximum absolute atomic E-state index is 13.3. The van der Waals surface area contributed by atoms with Crippen LogP contribution in [0.15, 0.2) is 23.6 Å². The van der Waals surface area contributed by atoms with E-state index in [1.165, 1.54) is 6.07 Å². The zero-order chi connectivity index (χ0) is 24.6. The van der Waals surface area contributed by atoms with Crippen LogP contribution in [-0.2, 0) is 32.5 Å². The highest BCUT2D eigenvalue weighted by atomic mass is 35.5. The predicted octanol–water partition coefficient (Wildman–Crippen LogP) is 2.12. The largest absolute Gasteiger partial charge is 0.434 e. The van der Waals surface area contributed by atoms with Gasteiger partial charge in [-0.05, 0) is 24.6 Å². The summed E-state index contributed by atoms with van der Waals surface area (Å²) in [6.45, 7) is -0.363. The van der Waals surface area contributed by atoms with E-state index < -0.39 is 51.8 Å². The first-order valence-corrected chi connectivity index (χ1v) is 11.8. The van der Waals surface area contributed by atoms with Gasteiger partial charge in [0, 0.05) is 18.1 Å². The Morgan fingerprint density at radius 1 is 1.33 bits per heavy atom. The number of halogens is 5. The lowest BCUT2D eigenvalue weighted by Gasteiger charge is -2.35. The first-order chi connectivity index (χ1) is 15.3. The third-order valence-corrected chi connectivity index (χ3v) is 7.36. The molecule has 3 N–H and O–H groups in total. The molecule has 2 amide bonds. The van der Waals surface area contributed by atoms with Gasteiger partial charge in [-0.3, -0.25) is 9.59 Å². The lowest BCUT2D eigenvalue weighted by Crippen LogP contribution is -2.62. The SMILES string of the molecule is CN1C(C(=O)Nc2ccc(F)c(Cl)c2)CC(C(=O)NCc2nc(C(F)(F)F)cs2)NS1(=O)=O. The minimum Gasteiger partial charge on any atom is -0.348 e. The molecule has 1 aromatic carbocycles. The van der Waals surface area contributed by atoms with E-state index in [4.69, 9.17) is 11.6 Å². The average molecular weight is 530 g/mol. The number of amides is 2. The summed E-state index contributed by atoms with van der Waals surface area (Å²) in [4.78, 5) is 28.5. The monoisotopic (exact) mass is 529 g/mol. The topological polar surface area (TPSA) is 120 Å². The second-order valence-corrected chi connectivity index (χ2v) is 10.0. The number of alkyl halides is 3. The van der Waals surface area contributed by atoms with Crippen molar-refractivity contribution in [3.63, 3.8) is 0 Å². The van der Waals surface area contributed by atoms with Crippen LogP contribution in [0.25, 0.3) is 0 Å². The zero-order valence-electron chi connectivity index (χ0n) is 16.6. The highest BCUT2D eigenvalue weighted by molar-refractivity contribution is 7.87. The van der Waals surface area contributed by atoms with E-state index in [1.54, 1.807) is 0 Å². The van der Waals surface area contributed by atoms with E-state index in [1.807, 2.05) is 0 Å². The van der Waals surface area contributed by atoms with Crippen molar-refractivity contribution in [2.24, 2.45) is 0 Å². The average Bonchev–Trinajstić information content (AvgIpc) is 3.20. The minimum absolute atomic E-state index is 0.0334. The fourth-order valence-electron chi connectivity index (χ4n) is 2.89. The van der Waals surface area contributed by atoms with Gasteiger partial charge in [-0.25, -0.2) is 9.37 Å². The summed E-state index contributed by atoms with van der Waals surface area (Å²) in [5, 5.41) is 5.23. The van der Waals surface area contributed by atoms with E-state index in [9.17, 15) is 35.6 Å². The number of nitrogens with zero attached hydrogens (tertiary/aromatic N) is 2. The summed E-state index contributed by atoms with van der Waals surface area (Å²) in [5.74, 6) is -2.36. The van der Waals surface area contributed by atoms with E-state index >= 15 is 0 Å². The molecular formula is C17H16ClF4N5O4S2. The van der Waals surface area contributed by atoms with Crippen LogP contribution in [-0.4, -0.2) is 48.7 Å². The summed E-state index contributed by atoms with van der Waals surface area (Å²) < 4.78 is 78.9. The molecule has 9 nitrogen and oxygen atoms in total. The Morgan fingerprint density at radius 2 is 2.03 bits per heavy atom. The van der Waals surface area contributed by atoms with Crippen molar-refractivity contribution in [3.05, 3.63) is 45.1 Å². The Hall–Kier alpha value is -2.33. The molecule has 0 saturated carbocycles. The molecule has 1 saturated heterocycles. The van der Waals surface area contributed by atoms with Crippen LogP contribution in [0.4, 0.5) is 23.2 Å². The molecule has 0 aliphatic carbocycles. The normalized spacial score (nSPS) is 20.9. The van der Waals surface area contributed by atoms with E-state index in [0.29, 0.717) is 11.3 Å². The van der Waals surface area contributed by atoms with Gasteiger partial charge in [0.25, 0.3) is 10.2 Å². The quantitative estimate of drug-likeness (QED) is 0.512. The number of anilines is 1. The molecular weight excluding hydrogens is 514 g/mol. The molecule has 0 radical (unpaired) electrons. The molecule has 2 aromatic rings. The summed E-state index contributed by atoms with van der Waals surface area (Å²) in [6.07, 6.45) is -4.91. The first-order valence-electron chi connectivity index (χ1n) is 9.08. The molecule has 2 unspecified atom stereocenters. The van der Waals surface area contributed by atoms with E-state index in [0.717, 1.165) is 28.9 Å². The number of hydrogen-bond acceptors (Lipinski definition) is 6. The molecule has 180 valence electrons. The fraction of sp³-hybridized carbons (Fsp3) is 0.353. The number of nitrogens with one attached hydrogen (secondary N) is 3. The van der Waals surface area contributed by atoms with Crippen LogP contribution >= 0.6 is 22.9 Å². The van der Waals surface area contributed by atoms with E-state index in [2.05, 4.69) is 20.3 Å². The lowest BCUT2D eigenvalue weighted by atomic mass is 10.1. The van der Waals surface area contributed by atoms with Gasteiger partial charge in [0.1, 0.15) is 22.9 Å². The van der Waals surface area contributed by atoms with Gasteiger partial charge >= 0.3 is 6.18 Å². The van der Waals surface area contributed by atoms with Gasteiger partial charge in [-0.15, -0.1) is 11.3 Å². The Morgan fingerprint density at radius 3 is 2.64 bits per heavy atom. The maximum atomic E-state index is 13.3. The smallest absolute Gasteiger partial charge is 0.348 e. The van der Waals surface area contributed by atoms with Crippen molar-refractivity contribution >= 4 is 50.6 Å². The Kier molecular flexibility index (Phi) is 7.28. The third-order valence-electron chi connectivity index (χ3n) is 4.63. The number of thiazole rings is 1. The molecule has 3 rings (SSSR count).